The molecule has 1 aliphatic carbocycles. The van der Waals surface area contributed by atoms with Crippen LogP contribution in [0.2, 0.25) is 0 Å². The Morgan fingerprint density at radius 3 is 2.44 bits per heavy atom. The molecule has 3 nitrogen and oxygen atoms in total. The van der Waals surface area contributed by atoms with Crippen LogP contribution in [0.25, 0.3) is 0 Å². The van der Waals surface area contributed by atoms with Gasteiger partial charge < -0.3 is 5.73 Å². The molecular weight excluding hydrogens is 198 g/mol. The lowest BCUT2D eigenvalue weighted by molar-refractivity contribution is 0.293. The van der Waals surface area contributed by atoms with Crippen LogP contribution in [0.15, 0.2) is 36.4 Å². The van der Waals surface area contributed by atoms with Crippen molar-refractivity contribution in [2.75, 3.05) is 5.73 Å². The van der Waals surface area contributed by atoms with Crippen LogP contribution >= 0.6 is 0 Å². The highest BCUT2D eigenvalue weighted by Crippen LogP contribution is 2.48. The van der Waals surface area contributed by atoms with Gasteiger partial charge in [0.2, 0.25) is 0 Å². The first kappa shape index (κ1) is 9.46. The molecule has 1 fully saturated rings. The van der Waals surface area contributed by atoms with Gasteiger partial charge in [0, 0.05) is 17.2 Å². The molecule has 0 saturated heterocycles. The summed E-state index contributed by atoms with van der Waals surface area (Å²) >= 11 is 0. The van der Waals surface area contributed by atoms with E-state index in [1.165, 1.54) is 24.8 Å². The van der Waals surface area contributed by atoms with Gasteiger partial charge in [-0.3, -0.25) is 5.10 Å². The van der Waals surface area contributed by atoms with Crippen molar-refractivity contribution in [3.63, 3.8) is 0 Å². The van der Waals surface area contributed by atoms with Crippen LogP contribution in [0.4, 0.5) is 5.82 Å². The second-order valence-corrected chi connectivity index (χ2v) is 4.51. The Morgan fingerprint density at radius 1 is 1.19 bits per heavy atom. The molecule has 0 unspecified atom stereocenters. The van der Waals surface area contributed by atoms with E-state index in [1.807, 2.05) is 6.07 Å². The molecule has 82 valence electrons. The molecule has 1 aromatic carbocycles. The Morgan fingerprint density at radius 2 is 1.94 bits per heavy atom. The molecule has 0 radical (unpaired) electrons. The van der Waals surface area contributed by atoms with Gasteiger partial charge in [0.1, 0.15) is 5.82 Å². The number of benzene rings is 1. The topological polar surface area (TPSA) is 54.7 Å². The Hall–Kier alpha value is -1.77. The van der Waals surface area contributed by atoms with Gasteiger partial charge in [0.15, 0.2) is 0 Å². The number of rotatable bonds is 2. The summed E-state index contributed by atoms with van der Waals surface area (Å²) in [6.07, 6.45) is 3.63. The number of H-pyrrole nitrogens is 1. The third-order valence-corrected chi connectivity index (χ3v) is 3.65. The third-order valence-electron chi connectivity index (χ3n) is 3.65. The molecule has 1 heterocycles. The molecule has 1 aromatic heterocycles. The number of nitrogens with two attached hydrogens (primary N) is 1. The fourth-order valence-corrected chi connectivity index (χ4v) is 2.58. The Labute approximate surface area is 94.7 Å². The van der Waals surface area contributed by atoms with Crippen molar-refractivity contribution in [3.05, 3.63) is 47.7 Å². The van der Waals surface area contributed by atoms with Crippen molar-refractivity contribution in [3.8, 4) is 0 Å². The second kappa shape index (κ2) is 3.37. The highest BCUT2D eigenvalue weighted by molar-refractivity contribution is 5.42. The third kappa shape index (κ3) is 1.24. The standard InChI is InChI=1S/C13H15N3/c14-12-9-11(15-16-12)13(7-4-8-13)10-5-2-1-3-6-10/h1-3,5-6,9H,4,7-8H2,(H3,14,15,16). The molecule has 0 aliphatic heterocycles. The van der Waals surface area contributed by atoms with E-state index in [0.29, 0.717) is 5.82 Å². The minimum absolute atomic E-state index is 0.131. The molecule has 3 rings (SSSR count). The zero-order chi connectivity index (χ0) is 11.0. The number of hydrogen-bond donors (Lipinski definition) is 2. The van der Waals surface area contributed by atoms with Gasteiger partial charge in [-0.15, -0.1) is 0 Å². The lowest BCUT2D eigenvalue weighted by atomic mass is 9.62. The number of nitrogens with one attached hydrogen (secondary N) is 1. The summed E-state index contributed by atoms with van der Waals surface area (Å²) in [5, 5.41) is 7.11. The van der Waals surface area contributed by atoms with Crippen LogP contribution in [-0.4, -0.2) is 10.2 Å². The predicted molar refractivity (Wildman–Crippen MR) is 64.1 cm³/mol. The average Bonchev–Trinajstić information content (AvgIpc) is 2.65. The predicted octanol–water partition coefficient (Wildman–Crippen LogP) is 2.46. The zero-order valence-electron chi connectivity index (χ0n) is 9.11. The Balaban J connectivity index is 2.07. The van der Waals surface area contributed by atoms with Crippen LogP contribution < -0.4 is 5.73 Å². The fourth-order valence-electron chi connectivity index (χ4n) is 2.58. The minimum Gasteiger partial charge on any atom is -0.382 e. The zero-order valence-corrected chi connectivity index (χ0v) is 9.11. The van der Waals surface area contributed by atoms with Gasteiger partial charge in [-0.2, -0.15) is 5.10 Å². The van der Waals surface area contributed by atoms with E-state index in [-0.39, 0.29) is 5.41 Å². The van der Waals surface area contributed by atoms with Crippen molar-refractivity contribution >= 4 is 5.82 Å². The monoisotopic (exact) mass is 213 g/mol. The van der Waals surface area contributed by atoms with E-state index in [9.17, 15) is 0 Å². The number of hydrogen-bond acceptors (Lipinski definition) is 2. The smallest absolute Gasteiger partial charge is 0.145 e. The van der Waals surface area contributed by atoms with Gasteiger partial charge in [-0.25, -0.2) is 0 Å². The number of anilines is 1. The maximum Gasteiger partial charge on any atom is 0.145 e. The molecule has 3 heteroatoms. The van der Waals surface area contributed by atoms with E-state index < -0.39 is 0 Å². The Kier molecular flexibility index (Phi) is 1.99. The van der Waals surface area contributed by atoms with Crippen molar-refractivity contribution in [2.24, 2.45) is 0 Å². The number of aromatic amines is 1. The molecule has 0 atom stereocenters. The van der Waals surface area contributed by atoms with Gasteiger partial charge in [0.25, 0.3) is 0 Å². The van der Waals surface area contributed by atoms with E-state index in [2.05, 4.69) is 40.5 Å². The summed E-state index contributed by atoms with van der Waals surface area (Å²) in [7, 11) is 0. The number of aromatic nitrogens is 2. The highest BCUT2D eigenvalue weighted by Gasteiger charge is 2.41. The number of nitrogens with zero attached hydrogens (tertiary/aromatic N) is 1. The lowest BCUT2D eigenvalue weighted by Crippen LogP contribution is -2.35. The summed E-state index contributed by atoms with van der Waals surface area (Å²) in [6, 6.07) is 12.6. The summed E-state index contributed by atoms with van der Waals surface area (Å²) in [5.74, 6) is 0.581. The van der Waals surface area contributed by atoms with Gasteiger partial charge >= 0.3 is 0 Å². The maximum absolute atomic E-state index is 5.69. The Bertz CT molecular complexity index is 483. The van der Waals surface area contributed by atoms with Crippen molar-refractivity contribution < 1.29 is 0 Å². The lowest BCUT2D eigenvalue weighted by Gasteiger charge is -2.41. The maximum atomic E-state index is 5.69. The summed E-state index contributed by atoms with van der Waals surface area (Å²) in [5.41, 5.74) is 8.34. The number of nitrogen functional groups attached to an aromatic ring is 1. The fraction of sp³-hybridized carbons (Fsp3) is 0.308. The van der Waals surface area contributed by atoms with Crippen LogP contribution in [0.1, 0.15) is 30.5 Å². The molecule has 16 heavy (non-hydrogen) atoms. The van der Waals surface area contributed by atoms with Crippen LogP contribution in [0.3, 0.4) is 0 Å². The van der Waals surface area contributed by atoms with Crippen molar-refractivity contribution in [1.29, 1.82) is 0 Å². The summed E-state index contributed by atoms with van der Waals surface area (Å²) < 4.78 is 0. The van der Waals surface area contributed by atoms with E-state index in [0.717, 1.165) is 5.69 Å². The second-order valence-electron chi connectivity index (χ2n) is 4.51. The first-order chi connectivity index (χ1) is 7.81. The summed E-state index contributed by atoms with van der Waals surface area (Å²) in [4.78, 5) is 0. The van der Waals surface area contributed by atoms with Gasteiger partial charge in [-0.1, -0.05) is 36.8 Å². The molecule has 0 amide bonds. The highest BCUT2D eigenvalue weighted by atomic mass is 15.2. The van der Waals surface area contributed by atoms with Gasteiger partial charge in [0.05, 0.1) is 0 Å². The molecule has 3 N–H and O–H groups in total. The quantitative estimate of drug-likeness (QED) is 0.805. The van der Waals surface area contributed by atoms with Crippen molar-refractivity contribution in [2.45, 2.75) is 24.7 Å². The first-order valence-corrected chi connectivity index (χ1v) is 5.68. The molecule has 1 aliphatic rings. The summed E-state index contributed by atoms with van der Waals surface area (Å²) in [6.45, 7) is 0. The first-order valence-electron chi connectivity index (χ1n) is 5.68. The minimum atomic E-state index is 0.131. The van der Waals surface area contributed by atoms with Gasteiger partial charge in [-0.05, 0) is 18.4 Å². The normalized spacial score (nSPS) is 18.0. The van der Waals surface area contributed by atoms with E-state index in [1.54, 1.807) is 0 Å². The largest absolute Gasteiger partial charge is 0.382 e. The van der Waals surface area contributed by atoms with Crippen LogP contribution in [-0.2, 0) is 5.41 Å². The molecule has 2 aromatic rings. The average molecular weight is 213 g/mol. The molecule has 1 saturated carbocycles. The molecular formula is C13H15N3. The van der Waals surface area contributed by atoms with Crippen LogP contribution in [0, 0.1) is 0 Å². The van der Waals surface area contributed by atoms with E-state index in [4.69, 9.17) is 5.73 Å². The van der Waals surface area contributed by atoms with Crippen molar-refractivity contribution in [1.82, 2.24) is 10.2 Å². The van der Waals surface area contributed by atoms with Crippen LogP contribution in [0.5, 0.6) is 0 Å². The van der Waals surface area contributed by atoms with E-state index >= 15 is 0 Å². The SMILES string of the molecule is Nc1cc(C2(c3ccccc3)CCC2)[nH]n1. The molecule has 0 spiro atoms. The molecule has 0 bridgehead atoms.